The molecular formula is C12H22N2O4. The van der Waals surface area contributed by atoms with E-state index in [2.05, 4.69) is 5.32 Å². The van der Waals surface area contributed by atoms with Crippen molar-refractivity contribution in [3.8, 4) is 0 Å². The highest BCUT2D eigenvalue weighted by Crippen LogP contribution is 2.21. The minimum Gasteiger partial charge on any atom is -0.453 e. The van der Waals surface area contributed by atoms with Gasteiger partial charge in [0.2, 0.25) is 5.91 Å². The van der Waals surface area contributed by atoms with E-state index in [4.69, 9.17) is 9.84 Å². The number of carbonyl (C=O) groups is 2. The number of aliphatic hydroxyl groups is 1. The molecule has 0 aromatic rings. The number of rotatable bonds is 4. The van der Waals surface area contributed by atoms with Crippen molar-refractivity contribution >= 4 is 12.0 Å². The number of piperidine rings is 1. The van der Waals surface area contributed by atoms with Crippen LogP contribution in [0.25, 0.3) is 0 Å². The Hall–Kier alpha value is -1.30. The monoisotopic (exact) mass is 258 g/mol. The molecule has 1 rings (SSSR count). The average molecular weight is 258 g/mol. The van der Waals surface area contributed by atoms with E-state index in [1.807, 2.05) is 0 Å². The van der Waals surface area contributed by atoms with E-state index in [0.29, 0.717) is 25.4 Å². The number of amides is 2. The van der Waals surface area contributed by atoms with Gasteiger partial charge in [0.05, 0.1) is 7.11 Å². The van der Waals surface area contributed by atoms with Gasteiger partial charge in [0.15, 0.2) is 0 Å². The molecule has 0 spiro atoms. The van der Waals surface area contributed by atoms with E-state index in [0.717, 1.165) is 12.8 Å². The van der Waals surface area contributed by atoms with Crippen LogP contribution in [0.5, 0.6) is 0 Å². The molecule has 2 N–H and O–H groups in total. The minimum absolute atomic E-state index is 0.0287. The van der Waals surface area contributed by atoms with Gasteiger partial charge in [-0.15, -0.1) is 0 Å². The number of hydrogen-bond donors (Lipinski definition) is 2. The van der Waals surface area contributed by atoms with E-state index in [1.165, 1.54) is 14.0 Å². The second kappa shape index (κ2) is 7.20. The lowest BCUT2D eigenvalue weighted by Gasteiger charge is -2.37. The summed E-state index contributed by atoms with van der Waals surface area (Å²) in [6.07, 6.45) is 2.04. The van der Waals surface area contributed by atoms with Crippen LogP contribution in [0.15, 0.2) is 0 Å². The number of carbonyl (C=O) groups excluding carboxylic acids is 2. The van der Waals surface area contributed by atoms with Gasteiger partial charge in [-0.2, -0.15) is 0 Å². The van der Waals surface area contributed by atoms with Gasteiger partial charge in [-0.1, -0.05) is 0 Å². The van der Waals surface area contributed by atoms with E-state index in [-0.39, 0.29) is 24.6 Å². The molecule has 2 amide bonds. The largest absolute Gasteiger partial charge is 0.453 e. The van der Waals surface area contributed by atoms with Crippen molar-refractivity contribution in [3.05, 3.63) is 0 Å². The standard InChI is InChI=1S/C12H22N2O4/c1-9(16)13-11-6-10(4-3-5-15)7-14(8-11)12(17)18-2/h10-11,15H,3-8H2,1-2H3,(H,13,16). The summed E-state index contributed by atoms with van der Waals surface area (Å²) in [5.74, 6) is 0.203. The van der Waals surface area contributed by atoms with Crippen molar-refractivity contribution in [3.63, 3.8) is 0 Å². The lowest BCUT2D eigenvalue weighted by Crippen LogP contribution is -2.52. The summed E-state index contributed by atoms with van der Waals surface area (Å²) in [5.41, 5.74) is 0. The highest BCUT2D eigenvalue weighted by Gasteiger charge is 2.30. The average Bonchev–Trinajstić information content (AvgIpc) is 2.34. The van der Waals surface area contributed by atoms with Crippen molar-refractivity contribution in [1.82, 2.24) is 10.2 Å². The second-order valence-electron chi connectivity index (χ2n) is 4.74. The molecule has 18 heavy (non-hydrogen) atoms. The Morgan fingerprint density at radius 3 is 2.72 bits per heavy atom. The van der Waals surface area contributed by atoms with Gasteiger partial charge in [0, 0.05) is 32.7 Å². The van der Waals surface area contributed by atoms with Crippen LogP contribution < -0.4 is 5.32 Å². The number of nitrogens with one attached hydrogen (secondary N) is 1. The molecule has 2 atom stereocenters. The molecule has 1 aliphatic heterocycles. The summed E-state index contributed by atoms with van der Waals surface area (Å²) in [7, 11) is 1.35. The summed E-state index contributed by atoms with van der Waals surface area (Å²) in [6.45, 7) is 2.74. The molecule has 6 heteroatoms. The van der Waals surface area contributed by atoms with Crippen LogP contribution in [-0.2, 0) is 9.53 Å². The molecular weight excluding hydrogens is 236 g/mol. The smallest absolute Gasteiger partial charge is 0.409 e. The molecule has 0 aromatic heterocycles. The van der Waals surface area contributed by atoms with E-state index >= 15 is 0 Å². The highest BCUT2D eigenvalue weighted by molar-refractivity contribution is 5.73. The van der Waals surface area contributed by atoms with Crippen LogP contribution in [0.1, 0.15) is 26.2 Å². The summed E-state index contributed by atoms with van der Waals surface area (Å²) in [4.78, 5) is 24.3. The van der Waals surface area contributed by atoms with Crippen molar-refractivity contribution in [2.75, 3.05) is 26.8 Å². The Kier molecular flexibility index (Phi) is 5.91. The summed E-state index contributed by atoms with van der Waals surface area (Å²) in [6, 6.07) is -0.0287. The number of nitrogens with zero attached hydrogens (tertiary/aromatic N) is 1. The van der Waals surface area contributed by atoms with Crippen LogP contribution in [-0.4, -0.2) is 54.9 Å². The molecule has 0 aromatic carbocycles. The lowest BCUT2D eigenvalue weighted by atomic mass is 9.90. The first-order valence-corrected chi connectivity index (χ1v) is 6.27. The van der Waals surface area contributed by atoms with Gasteiger partial charge in [0.25, 0.3) is 0 Å². The Morgan fingerprint density at radius 1 is 1.44 bits per heavy atom. The van der Waals surface area contributed by atoms with Crippen molar-refractivity contribution in [1.29, 1.82) is 0 Å². The van der Waals surface area contributed by atoms with E-state index in [9.17, 15) is 9.59 Å². The van der Waals surface area contributed by atoms with Crippen LogP contribution >= 0.6 is 0 Å². The second-order valence-corrected chi connectivity index (χ2v) is 4.74. The maximum atomic E-state index is 11.6. The number of methoxy groups -OCH3 is 1. The summed E-state index contributed by atoms with van der Waals surface area (Å²) < 4.78 is 4.72. The third kappa shape index (κ3) is 4.52. The molecule has 0 aliphatic carbocycles. The van der Waals surface area contributed by atoms with Gasteiger partial charge in [-0.3, -0.25) is 4.79 Å². The van der Waals surface area contributed by atoms with Crippen molar-refractivity contribution < 1.29 is 19.4 Å². The highest BCUT2D eigenvalue weighted by atomic mass is 16.5. The SMILES string of the molecule is COC(=O)N1CC(CCCO)CC(NC(C)=O)C1. The summed E-state index contributed by atoms with van der Waals surface area (Å²) >= 11 is 0. The number of aliphatic hydroxyl groups excluding tert-OH is 1. The molecule has 1 fully saturated rings. The van der Waals surface area contributed by atoms with Crippen molar-refractivity contribution in [2.24, 2.45) is 5.92 Å². The Morgan fingerprint density at radius 2 is 2.17 bits per heavy atom. The topological polar surface area (TPSA) is 78.9 Å². The zero-order chi connectivity index (χ0) is 13.5. The maximum Gasteiger partial charge on any atom is 0.409 e. The predicted octanol–water partition coefficient (Wildman–Crippen LogP) is 0.352. The molecule has 0 saturated carbocycles. The van der Waals surface area contributed by atoms with Gasteiger partial charge >= 0.3 is 6.09 Å². The quantitative estimate of drug-likeness (QED) is 0.762. The van der Waals surface area contributed by atoms with Crippen LogP contribution in [0.4, 0.5) is 4.79 Å². The molecule has 0 radical (unpaired) electrons. The number of ether oxygens (including phenoxy) is 1. The zero-order valence-corrected chi connectivity index (χ0v) is 11.0. The summed E-state index contributed by atoms with van der Waals surface area (Å²) in [5, 5.41) is 11.7. The number of likely N-dealkylation sites (tertiary alicyclic amines) is 1. The van der Waals surface area contributed by atoms with Gasteiger partial charge in [-0.25, -0.2) is 4.79 Å². The third-order valence-electron chi connectivity index (χ3n) is 3.15. The Balaban J connectivity index is 2.59. The fourth-order valence-electron chi connectivity index (χ4n) is 2.46. The fourth-order valence-corrected chi connectivity index (χ4v) is 2.46. The predicted molar refractivity (Wildman–Crippen MR) is 66.0 cm³/mol. The third-order valence-corrected chi connectivity index (χ3v) is 3.15. The Bertz CT molecular complexity index is 296. The molecule has 6 nitrogen and oxygen atoms in total. The fraction of sp³-hybridized carbons (Fsp3) is 0.833. The van der Waals surface area contributed by atoms with Gasteiger partial charge in [-0.05, 0) is 25.2 Å². The maximum absolute atomic E-state index is 11.6. The van der Waals surface area contributed by atoms with Gasteiger partial charge in [0.1, 0.15) is 0 Å². The van der Waals surface area contributed by atoms with Crippen LogP contribution in [0.3, 0.4) is 0 Å². The molecule has 2 unspecified atom stereocenters. The first-order chi connectivity index (χ1) is 8.56. The van der Waals surface area contributed by atoms with Crippen molar-refractivity contribution in [2.45, 2.75) is 32.2 Å². The molecule has 0 bridgehead atoms. The van der Waals surface area contributed by atoms with E-state index in [1.54, 1.807) is 4.90 Å². The minimum atomic E-state index is -0.362. The van der Waals surface area contributed by atoms with Crippen LogP contribution in [0.2, 0.25) is 0 Å². The first-order valence-electron chi connectivity index (χ1n) is 6.27. The van der Waals surface area contributed by atoms with Crippen LogP contribution in [0, 0.1) is 5.92 Å². The first kappa shape index (κ1) is 14.8. The number of hydrogen-bond acceptors (Lipinski definition) is 4. The molecule has 104 valence electrons. The zero-order valence-electron chi connectivity index (χ0n) is 11.0. The van der Waals surface area contributed by atoms with E-state index < -0.39 is 0 Å². The molecule has 1 aliphatic rings. The lowest BCUT2D eigenvalue weighted by molar-refractivity contribution is -0.120. The molecule has 1 saturated heterocycles. The normalized spacial score (nSPS) is 23.6. The molecule has 1 heterocycles. The van der Waals surface area contributed by atoms with Gasteiger partial charge < -0.3 is 20.1 Å². The Labute approximate surface area is 107 Å².